The van der Waals surface area contributed by atoms with E-state index < -0.39 is 0 Å². The highest BCUT2D eigenvalue weighted by atomic mass is 79.9. The Bertz CT molecular complexity index is 589. The average molecular weight is 346 g/mol. The predicted molar refractivity (Wildman–Crippen MR) is 80.6 cm³/mol. The zero-order valence-electron chi connectivity index (χ0n) is 9.46. The Labute approximate surface area is 122 Å². The van der Waals surface area contributed by atoms with Crippen molar-refractivity contribution in [3.8, 4) is 0 Å². The van der Waals surface area contributed by atoms with E-state index in [4.69, 9.17) is 17.3 Å². The topological polar surface area (TPSA) is 55.1 Å². The number of hydrogen-bond acceptors (Lipinski definition) is 3. The number of nitrogens with two attached hydrogens (primary N) is 1. The fraction of sp³-hybridized carbons (Fsp3) is 0.0833. The molecule has 3 N–H and O–H groups in total. The van der Waals surface area contributed by atoms with Crippen LogP contribution >= 0.6 is 38.9 Å². The second-order valence-corrected chi connectivity index (χ2v) is 6.38. The zero-order chi connectivity index (χ0) is 13.3. The van der Waals surface area contributed by atoms with Gasteiger partial charge in [0.1, 0.15) is 0 Å². The monoisotopic (exact) mass is 344 g/mol. The summed E-state index contributed by atoms with van der Waals surface area (Å²) in [5, 5.41) is 2.80. The van der Waals surface area contributed by atoms with E-state index in [0.29, 0.717) is 20.6 Å². The summed E-state index contributed by atoms with van der Waals surface area (Å²) < 4.78 is 1.47. The SMILES string of the molecule is Cc1cc(Br)cc(N)c1NC(=O)c1ccc(Cl)s1. The van der Waals surface area contributed by atoms with Gasteiger partial charge in [-0.05, 0) is 36.8 Å². The van der Waals surface area contributed by atoms with E-state index in [1.54, 1.807) is 18.2 Å². The number of thiophene rings is 1. The van der Waals surface area contributed by atoms with E-state index in [1.807, 2.05) is 13.0 Å². The lowest BCUT2D eigenvalue weighted by atomic mass is 10.1. The van der Waals surface area contributed by atoms with Gasteiger partial charge in [0.25, 0.3) is 5.91 Å². The minimum absolute atomic E-state index is 0.205. The average Bonchev–Trinajstić information content (AvgIpc) is 2.70. The van der Waals surface area contributed by atoms with Gasteiger partial charge < -0.3 is 11.1 Å². The van der Waals surface area contributed by atoms with Crippen molar-refractivity contribution in [1.82, 2.24) is 0 Å². The van der Waals surface area contributed by atoms with E-state index >= 15 is 0 Å². The summed E-state index contributed by atoms with van der Waals surface area (Å²) in [6.45, 7) is 1.89. The predicted octanol–water partition coefficient (Wildman–Crippen LogP) is 4.31. The molecule has 0 saturated heterocycles. The molecule has 1 aromatic heterocycles. The minimum atomic E-state index is -0.205. The second kappa shape index (κ2) is 5.30. The van der Waals surface area contributed by atoms with Crippen LogP contribution in [0.2, 0.25) is 4.34 Å². The summed E-state index contributed by atoms with van der Waals surface area (Å²) >= 11 is 10.4. The van der Waals surface area contributed by atoms with Crippen molar-refractivity contribution < 1.29 is 4.79 Å². The molecule has 0 aliphatic rings. The largest absolute Gasteiger partial charge is 0.397 e. The van der Waals surface area contributed by atoms with Crippen LogP contribution in [0, 0.1) is 6.92 Å². The molecule has 94 valence electrons. The molecule has 1 heterocycles. The number of nitrogen functional groups attached to an aromatic ring is 1. The Morgan fingerprint density at radius 1 is 1.44 bits per heavy atom. The number of nitrogens with one attached hydrogen (secondary N) is 1. The lowest BCUT2D eigenvalue weighted by molar-refractivity contribution is 0.103. The number of rotatable bonds is 2. The fourth-order valence-electron chi connectivity index (χ4n) is 1.55. The molecule has 0 aliphatic heterocycles. The molecule has 0 spiro atoms. The van der Waals surface area contributed by atoms with Crippen molar-refractivity contribution in [2.24, 2.45) is 0 Å². The molecule has 0 unspecified atom stereocenters. The maximum absolute atomic E-state index is 12.0. The maximum atomic E-state index is 12.0. The molecular formula is C12H10BrClN2OS. The minimum Gasteiger partial charge on any atom is -0.397 e. The van der Waals surface area contributed by atoms with Crippen LogP contribution in [0.15, 0.2) is 28.7 Å². The Morgan fingerprint density at radius 3 is 2.72 bits per heavy atom. The Hall–Kier alpha value is -1.04. The van der Waals surface area contributed by atoms with Crippen LogP contribution in [0.1, 0.15) is 15.2 Å². The van der Waals surface area contributed by atoms with Gasteiger partial charge in [-0.1, -0.05) is 27.5 Å². The molecule has 0 saturated carbocycles. The van der Waals surface area contributed by atoms with Crippen LogP contribution in [0.3, 0.4) is 0 Å². The molecule has 0 radical (unpaired) electrons. The Balaban J connectivity index is 2.27. The highest BCUT2D eigenvalue weighted by molar-refractivity contribution is 9.10. The van der Waals surface area contributed by atoms with E-state index in [-0.39, 0.29) is 5.91 Å². The standard InChI is InChI=1S/C12H10BrClN2OS/c1-6-4-7(13)5-8(15)11(6)16-12(17)9-2-3-10(14)18-9/h2-5H,15H2,1H3,(H,16,17). The lowest BCUT2D eigenvalue weighted by Crippen LogP contribution is -2.12. The first-order valence-corrected chi connectivity index (χ1v) is 7.08. The first-order chi connectivity index (χ1) is 8.47. The zero-order valence-corrected chi connectivity index (χ0v) is 12.6. The number of anilines is 2. The molecule has 0 fully saturated rings. The van der Waals surface area contributed by atoms with Crippen molar-refractivity contribution in [3.63, 3.8) is 0 Å². The number of hydrogen-bond donors (Lipinski definition) is 2. The number of carbonyl (C=O) groups is 1. The van der Waals surface area contributed by atoms with Gasteiger partial charge in [0.05, 0.1) is 20.6 Å². The molecule has 2 rings (SSSR count). The summed E-state index contributed by atoms with van der Waals surface area (Å²) in [6, 6.07) is 7.03. The van der Waals surface area contributed by atoms with Gasteiger partial charge in [-0.25, -0.2) is 0 Å². The molecule has 18 heavy (non-hydrogen) atoms. The normalized spacial score (nSPS) is 10.4. The summed E-state index contributed by atoms with van der Waals surface area (Å²) in [4.78, 5) is 12.5. The van der Waals surface area contributed by atoms with Gasteiger partial charge in [0.15, 0.2) is 0 Å². The van der Waals surface area contributed by atoms with Gasteiger partial charge in [-0.15, -0.1) is 11.3 Å². The van der Waals surface area contributed by atoms with E-state index in [0.717, 1.165) is 10.0 Å². The Morgan fingerprint density at radius 2 is 2.17 bits per heavy atom. The van der Waals surface area contributed by atoms with Crippen LogP contribution in [0.25, 0.3) is 0 Å². The number of aryl methyl sites for hydroxylation is 1. The number of halogens is 2. The van der Waals surface area contributed by atoms with Gasteiger partial charge in [-0.3, -0.25) is 4.79 Å². The van der Waals surface area contributed by atoms with Crippen LogP contribution < -0.4 is 11.1 Å². The third kappa shape index (κ3) is 2.85. The van der Waals surface area contributed by atoms with Crippen molar-refractivity contribution in [2.75, 3.05) is 11.1 Å². The van der Waals surface area contributed by atoms with Crippen LogP contribution in [-0.2, 0) is 0 Å². The van der Waals surface area contributed by atoms with Gasteiger partial charge in [0.2, 0.25) is 0 Å². The first-order valence-electron chi connectivity index (χ1n) is 5.09. The molecule has 0 aliphatic carbocycles. The molecule has 3 nitrogen and oxygen atoms in total. The van der Waals surface area contributed by atoms with Crippen molar-refractivity contribution in [3.05, 3.63) is 43.5 Å². The van der Waals surface area contributed by atoms with Crippen LogP contribution in [0.4, 0.5) is 11.4 Å². The summed E-state index contributed by atoms with van der Waals surface area (Å²) in [7, 11) is 0. The Kier molecular flexibility index (Phi) is 3.94. The molecule has 0 atom stereocenters. The highest BCUT2D eigenvalue weighted by Gasteiger charge is 2.12. The molecule has 6 heteroatoms. The maximum Gasteiger partial charge on any atom is 0.265 e. The molecule has 1 aromatic carbocycles. The summed E-state index contributed by atoms with van der Waals surface area (Å²) in [5.74, 6) is -0.205. The van der Waals surface area contributed by atoms with Crippen molar-refractivity contribution in [2.45, 2.75) is 6.92 Å². The van der Waals surface area contributed by atoms with Gasteiger partial charge >= 0.3 is 0 Å². The van der Waals surface area contributed by atoms with E-state index in [2.05, 4.69) is 21.2 Å². The smallest absolute Gasteiger partial charge is 0.265 e. The third-order valence-corrected chi connectivity index (χ3v) is 4.05. The number of benzene rings is 1. The quantitative estimate of drug-likeness (QED) is 0.797. The van der Waals surface area contributed by atoms with Gasteiger partial charge in [-0.2, -0.15) is 0 Å². The van der Waals surface area contributed by atoms with E-state index in [9.17, 15) is 4.79 Å². The van der Waals surface area contributed by atoms with Crippen molar-refractivity contribution in [1.29, 1.82) is 0 Å². The van der Waals surface area contributed by atoms with Gasteiger partial charge in [0, 0.05) is 4.47 Å². The molecule has 2 aromatic rings. The third-order valence-electron chi connectivity index (χ3n) is 2.37. The van der Waals surface area contributed by atoms with E-state index in [1.165, 1.54) is 11.3 Å². The van der Waals surface area contributed by atoms with Crippen LogP contribution in [-0.4, -0.2) is 5.91 Å². The molecule has 1 amide bonds. The number of amides is 1. The second-order valence-electron chi connectivity index (χ2n) is 3.74. The molecule has 0 bridgehead atoms. The highest BCUT2D eigenvalue weighted by Crippen LogP contribution is 2.29. The summed E-state index contributed by atoms with van der Waals surface area (Å²) in [5.41, 5.74) is 7.95. The fourth-order valence-corrected chi connectivity index (χ4v) is 3.08. The first kappa shape index (κ1) is 13.4. The number of carbonyl (C=O) groups excluding carboxylic acids is 1. The lowest BCUT2D eigenvalue weighted by Gasteiger charge is -2.11. The molecular weight excluding hydrogens is 336 g/mol. The summed E-state index contributed by atoms with van der Waals surface area (Å²) in [6.07, 6.45) is 0. The van der Waals surface area contributed by atoms with Crippen LogP contribution in [0.5, 0.6) is 0 Å². The van der Waals surface area contributed by atoms with Crippen molar-refractivity contribution >= 4 is 56.1 Å².